The monoisotopic (exact) mass is 291 g/mol. The van der Waals surface area contributed by atoms with Crippen molar-refractivity contribution >= 4 is 11.0 Å². The van der Waals surface area contributed by atoms with E-state index in [0.717, 1.165) is 30.7 Å². The molecule has 0 amide bonds. The lowest BCUT2D eigenvalue weighted by Gasteiger charge is -2.23. The fourth-order valence-electron chi connectivity index (χ4n) is 2.88. The lowest BCUT2D eigenvalue weighted by Crippen LogP contribution is -2.29. The third kappa shape index (κ3) is 3.82. The van der Waals surface area contributed by atoms with Gasteiger partial charge in [-0.15, -0.1) is 0 Å². The number of benzene rings is 1. The van der Waals surface area contributed by atoms with Gasteiger partial charge in [0, 0.05) is 19.0 Å². The number of aromatic nitrogens is 2. The van der Waals surface area contributed by atoms with Gasteiger partial charge in [-0.25, -0.2) is 9.37 Å². The van der Waals surface area contributed by atoms with Gasteiger partial charge in [-0.05, 0) is 30.4 Å². The summed E-state index contributed by atoms with van der Waals surface area (Å²) in [4.78, 5) is 4.51. The normalized spacial score (nSPS) is 13.8. The number of fused-ring (bicyclic) bond motifs is 1. The van der Waals surface area contributed by atoms with Gasteiger partial charge in [-0.1, -0.05) is 33.8 Å². The molecule has 4 heteroatoms. The maximum Gasteiger partial charge on any atom is 0.151 e. The van der Waals surface area contributed by atoms with Crippen LogP contribution in [0.1, 0.15) is 46.4 Å². The molecule has 2 rings (SSSR count). The van der Waals surface area contributed by atoms with E-state index in [-0.39, 0.29) is 17.3 Å². The minimum atomic E-state index is -0.256. The van der Waals surface area contributed by atoms with Crippen molar-refractivity contribution in [1.29, 1.82) is 0 Å². The first-order chi connectivity index (χ1) is 9.81. The second-order valence-corrected chi connectivity index (χ2v) is 7.02. The number of imidazole rings is 1. The van der Waals surface area contributed by atoms with E-state index in [4.69, 9.17) is 5.73 Å². The van der Waals surface area contributed by atoms with Gasteiger partial charge in [0.1, 0.15) is 11.3 Å². The Labute approximate surface area is 126 Å². The van der Waals surface area contributed by atoms with E-state index in [1.807, 2.05) is 6.07 Å². The Morgan fingerprint density at radius 2 is 2.05 bits per heavy atom. The van der Waals surface area contributed by atoms with E-state index in [0.29, 0.717) is 11.9 Å². The smallest absolute Gasteiger partial charge is 0.151 e. The van der Waals surface area contributed by atoms with Crippen LogP contribution in [0.2, 0.25) is 0 Å². The molecule has 1 unspecified atom stereocenters. The van der Waals surface area contributed by atoms with Crippen molar-refractivity contribution in [2.24, 2.45) is 11.1 Å². The van der Waals surface area contributed by atoms with Crippen LogP contribution < -0.4 is 5.73 Å². The fourth-order valence-corrected chi connectivity index (χ4v) is 2.88. The molecule has 0 fully saturated rings. The summed E-state index contributed by atoms with van der Waals surface area (Å²) < 4.78 is 16.0. The molecule has 3 nitrogen and oxygen atoms in total. The molecule has 0 aliphatic carbocycles. The predicted molar refractivity (Wildman–Crippen MR) is 85.7 cm³/mol. The largest absolute Gasteiger partial charge is 0.328 e. The highest BCUT2D eigenvalue weighted by atomic mass is 19.1. The standard InChI is InChI=1S/C17H26FN3/c1-5-9-21-14-8-6-7-13(18)16(14)20-15(21)10-12(19)11-17(2,3)4/h6-8,12H,5,9-11,19H2,1-4H3. The van der Waals surface area contributed by atoms with Crippen LogP contribution >= 0.6 is 0 Å². The van der Waals surface area contributed by atoms with Crippen LogP contribution in [0.3, 0.4) is 0 Å². The highest BCUT2D eigenvalue weighted by Gasteiger charge is 2.20. The number of hydrogen-bond acceptors (Lipinski definition) is 2. The van der Waals surface area contributed by atoms with Crippen molar-refractivity contribution in [1.82, 2.24) is 9.55 Å². The minimum Gasteiger partial charge on any atom is -0.328 e. The van der Waals surface area contributed by atoms with Crippen LogP contribution in [0.25, 0.3) is 11.0 Å². The van der Waals surface area contributed by atoms with E-state index in [1.165, 1.54) is 6.07 Å². The topological polar surface area (TPSA) is 43.8 Å². The van der Waals surface area contributed by atoms with Gasteiger partial charge in [0.05, 0.1) is 5.52 Å². The molecule has 1 aromatic heterocycles. The molecule has 1 heterocycles. The summed E-state index contributed by atoms with van der Waals surface area (Å²) in [6.07, 6.45) is 2.60. The minimum absolute atomic E-state index is 0.0421. The first kappa shape index (κ1) is 16.0. The van der Waals surface area contributed by atoms with E-state index in [9.17, 15) is 4.39 Å². The molecule has 0 bridgehead atoms. The number of halogens is 1. The molecular weight excluding hydrogens is 265 g/mol. The van der Waals surface area contributed by atoms with Crippen molar-refractivity contribution in [3.63, 3.8) is 0 Å². The van der Waals surface area contributed by atoms with Gasteiger partial charge in [0.15, 0.2) is 5.82 Å². The van der Waals surface area contributed by atoms with Crippen LogP contribution in [0, 0.1) is 11.2 Å². The Morgan fingerprint density at radius 3 is 2.67 bits per heavy atom. The first-order valence-corrected chi connectivity index (χ1v) is 7.71. The molecule has 116 valence electrons. The van der Waals surface area contributed by atoms with Gasteiger partial charge in [0.25, 0.3) is 0 Å². The average Bonchev–Trinajstić information content (AvgIpc) is 2.67. The van der Waals surface area contributed by atoms with E-state index in [1.54, 1.807) is 6.07 Å². The highest BCUT2D eigenvalue weighted by Crippen LogP contribution is 2.24. The third-order valence-electron chi connectivity index (χ3n) is 3.58. The summed E-state index contributed by atoms with van der Waals surface area (Å²) >= 11 is 0. The summed E-state index contributed by atoms with van der Waals surface area (Å²) in [7, 11) is 0. The SMILES string of the molecule is CCCn1c(CC(N)CC(C)(C)C)nc2c(F)cccc21. The van der Waals surface area contributed by atoms with Crippen molar-refractivity contribution in [2.45, 2.75) is 59.5 Å². The molecule has 0 saturated carbocycles. The second kappa shape index (κ2) is 6.14. The average molecular weight is 291 g/mol. The van der Waals surface area contributed by atoms with Gasteiger partial charge in [-0.2, -0.15) is 0 Å². The van der Waals surface area contributed by atoms with Crippen LogP contribution in [0.5, 0.6) is 0 Å². The number of nitrogens with two attached hydrogens (primary N) is 1. The maximum atomic E-state index is 13.9. The van der Waals surface area contributed by atoms with Crippen LogP contribution in [-0.4, -0.2) is 15.6 Å². The van der Waals surface area contributed by atoms with Crippen molar-refractivity contribution in [3.8, 4) is 0 Å². The molecule has 2 N–H and O–H groups in total. The molecule has 1 aromatic carbocycles. The molecule has 1 atom stereocenters. The number of nitrogens with zero attached hydrogens (tertiary/aromatic N) is 2. The second-order valence-electron chi connectivity index (χ2n) is 7.02. The predicted octanol–water partition coefficient (Wildman–Crippen LogP) is 3.89. The summed E-state index contributed by atoms with van der Waals surface area (Å²) in [5.74, 6) is 0.640. The third-order valence-corrected chi connectivity index (χ3v) is 3.58. The van der Waals surface area contributed by atoms with E-state index in [2.05, 4.69) is 37.2 Å². The van der Waals surface area contributed by atoms with Crippen molar-refractivity contribution in [2.75, 3.05) is 0 Å². The molecule has 21 heavy (non-hydrogen) atoms. The first-order valence-electron chi connectivity index (χ1n) is 7.71. The van der Waals surface area contributed by atoms with Gasteiger partial charge < -0.3 is 10.3 Å². The zero-order valence-corrected chi connectivity index (χ0v) is 13.5. The molecule has 2 aromatic rings. The molecule has 0 aliphatic rings. The summed E-state index contributed by atoms with van der Waals surface area (Å²) in [6.45, 7) is 9.51. The van der Waals surface area contributed by atoms with Gasteiger partial charge in [0.2, 0.25) is 0 Å². The summed E-state index contributed by atoms with van der Waals surface area (Å²) in [5, 5.41) is 0. The number of rotatable bonds is 5. The number of aryl methyl sites for hydroxylation is 1. The van der Waals surface area contributed by atoms with Crippen LogP contribution in [-0.2, 0) is 13.0 Å². The van der Waals surface area contributed by atoms with Gasteiger partial charge in [-0.3, -0.25) is 0 Å². The molecule has 0 radical (unpaired) electrons. The Morgan fingerprint density at radius 1 is 1.33 bits per heavy atom. The zero-order valence-electron chi connectivity index (χ0n) is 13.5. The lowest BCUT2D eigenvalue weighted by molar-refractivity contribution is 0.335. The maximum absolute atomic E-state index is 13.9. The quantitative estimate of drug-likeness (QED) is 0.908. The molecule has 0 spiro atoms. The zero-order chi connectivity index (χ0) is 15.6. The van der Waals surface area contributed by atoms with Crippen LogP contribution in [0.15, 0.2) is 18.2 Å². The lowest BCUT2D eigenvalue weighted by atomic mass is 9.87. The molecule has 0 aliphatic heterocycles. The highest BCUT2D eigenvalue weighted by molar-refractivity contribution is 5.76. The van der Waals surface area contributed by atoms with Crippen LogP contribution in [0.4, 0.5) is 4.39 Å². The molecule has 0 saturated heterocycles. The summed E-state index contributed by atoms with van der Waals surface area (Å²) in [5.41, 5.74) is 7.79. The van der Waals surface area contributed by atoms with Crippen molar-refractivity contribution in [3.05, 3.63) is 29.8 Å². The Hall–Kier alpha value is -1.42. The van der Waals surface area contributed by atoms with E-state index >= 15 is 0 Å². The number of hydrogen-bond donors (Lipinski definition) is 1. The Balaban J connectivity index is 2.34. The summed E-state index contributed by atoms with van der Waals surface area (Å²) in [6, 6.07) is 5.18. The van der Waals surface area contributed by atoms with Gasteiger partial charge >= 0.3 is 0 Å². The van der Waals surface area contributed by atoms with E-state index < -0.39 is 0 Å². The number of para-hydroxylation sites is 1. The Kier molecular flexibility index (Phi) is 4.67. The fraction of sp³-hybridized carbons (Fsp3) is 0.588. The van der Waals surface area contributed by atoms with Crippen molar-refractivity contribution < 1.29 is 4.39 Å². The molecular formula is C17H26FN3. The Bertz CT molecular complexity index is 610.